The second-order valence-corrected chi connectivity index (χ2v) is 5.98. The fourth-order valence-corrected chi connectivity index (χ4v) is 2.72. The lowest BCUT2D eigenvalue weighted by molar-refractivity contribution is -0.0549. The second-order valence-electron chi connectivity index (χ2n) is 5.98. The summed E-state index contributed by atoms with van der Waals surface area (Å²) >= 11 is 0. The van der Waals surface area contributed by atoms with Crippen molar-refractivity contribution in [2.24, 2.45) is 4.99 Å². The number of hydrogen-bond acceptors (Lipinski definition) is 7. The molecule has 0 bridgehead atoms. The summed E-state index contributed by atoms with van der Waals surface area (Å²) in [5, 5.41) is 28.9. The number of ether oxygens (including phenoxy) is 1. The van der Waals surface area contributed by atoms with Gasteiger partial charge in [0.15, 0.2) is 12.0 Å². The van der Waals surface area contributed by atoms with Crippen LogP contribution in [-0.2, 0) is 4.74 Å². The second kappa shape index (κ2) is 9.04. The van der Waals surface area contributed by atoms with E-state index < -0.39 is 36.8 Å². The zero-order valence-electron chi connectivity index (χ0n) is 14.5. The standard InChI is InChI=1S/C16H26N4O5/c1-3-6-19(7-4-2)10-17-12-5-8-20(16(24)18-12)15-14(23)13(22)11(9-21)25-15/h5,8,10-11,13-15,21-23H,3-4,6-7,9H2,1-2H3/b17-10+/t11-,13+,14?,15-/m1/s1. The van der Waals surface area contributed by atoms with E-state index in [0.717, 1.165) is 30.5 Å². The number of rotatable bonds is 8. The first-order valence-electron chi connectivity index (χ1n) is 8.51. The highest BCUT2D eigenvalue weighted by atomic mass is 16.6. The molecule has 140 valence electrons. The monoisotopic (exact) mass is 354 g/mol. The molecule has 1 aromatic heterocycles. The Bertz CT molecular complexity index is 629. The van der Waals surface area contributed by atoms with Crippen LogP contribution < -0.4 is 5.69 Å². The number of aliphatic hydroxyl groups is 3. The van der Waals surface area contributed by atoms with Crippen LogP contribution in [0.5, 0.6) is 0 Å². The van der Waals surface area contributed by atoms with Gasteiger partial charge in [-0.2, -0.15) is 4.98 Å². The summed E-state index contributed by atoms with van der Waals surface area (Å²) in [5.41, 5.74) is -0.651. The molecule has 0 spiro atoms. The Hall–Kier alpha value is -1.81. The molecule has 2 heterocycles. The van der Waals surface area contributed by atoms with Gasteiger partial charge in [0.05, 0.1) is 12.9 Å². The summed E-state index contributed by atoms with van der Waals surface area (Å²) in [6, 6.07) is 1.53. The average Bonchev–Trinajstić information content (AvgIpc) is 2.88. The molecule has 0 radical (unpaired) electrons. The van der Waals surface area contributed by atoms with Crippen LogP contribution in [0, 0.1) is 0 Å². The normalized spacial score (nSPS) is 26.4. The van der Waals surface area contributed by atoms with E-state index in [2.05, 4.69) is 28.7 Å². The van der Waals surface area contributed by atoms with E-state index in [1.165, 1.54) is 12.3 Å². The van der Waals surface area contributed by atoms with Crippen molar-refractivity contribution in [2.75, 3.05) is 19.7 Å². The molecule has 0 aromatic carbocycles. The molecule has 0 saturated carbocycles. The maximum atomic E-state index is 12.2. The summed E-state index contributed by atoms with van der Waals surface area (Å²) in [4.78, 5) is 22.3. The van der Waals surface area contributed by atoms with Crippen molar-refractivity contribution >= 4 is 12.2 Å². The summed E-state index contributed by atoms with van der Waals surface area (Å²) in [6.07, 6.45) is 0.436. The largest absolute Gasteiger partial charge is 0.394 e. The Morgan fingerprint density at radius 3 is 2.52 bits per heavy atom. The minimum Gasteiger partial charge on any atom is -0.394 e. The molecule has 2 rings (SSSR count). The smallest absolute Gasteiger partial charge is 0.351 e. The first kappa shape index (κ1) is 19.5. The molecule has 25 heavy (non-hydrogen) atoms. The quantitative estimate of drug-likeness (QED) is 0.430. The van der Waals surface area contributed by atoms with Gasteiger partial charge in [0.25, 0.3) is 0 Å². The average molecular weight is 354 g/mol. The van der Waals surface area contributed by atoms with Gasteiger partial charge in [-0.05, 0) is 18.9 Å². The molecular formula is C16H26N4O5. The van der Waals surface area contributed by atoms with Crippen molar-refractivity contribution in [2.45, 2.75) is 51.2 Å². The van der Waals surface area contributed by atoms with Crippen molar-refractivity contribution in [1.82, 2.24) is 14.5 Å². The molecule has 1 unspecified atom stereocenters. The Kier molecular flexibility index (Phi) is 7.06. The summed E-state index contributed by atoms with van der Waals surface area (Å²) in [7, 11) is 0. The highest BCUT2D eigenvalue weighted by Crippen LogP contribution is 2.28. The van der Waals surface area contributed by atoms with E-state index in [1.807, 2.05) is 0 Å². The number of aromatic nitrogens is 2. The molecule has 0 aliphatic carbocycles. The minimum atomic E-state index is -1.32. The van der Waals surface area contributed by atoms with Crippen molar-refractivity contribution in [3.8, 4) is 0 Å². The van der Waals surface area contributed by atoms with E-state index in [0.29, 0.717) is 0 Å². The van der Waals surface area contributed by atoms with Crippen molar-refractivity contribution < 1.29 is 20.1 Å². The van der Waals surface area contributed by atoms with Gasteiger partial charge in [-0.3, -0.25) is 4.57 Å². The molecule has 1 fully saturated rings. The zero-order chi connectivity index (χ0) is 18.4. The van der Waals surface area contributed by atoms with Crippen molar-refractivity contribution in [3.05, 3.63) is 22.7 Å². The van der Waals surface area contributed by atoms with Crippen LogP contribution in [0.4, 0.5) is 5.82 Å². The third-order valence-electron chi connectivity index (χ3n) is 3.98. The Morgan fingerprint density at radius 1 is 1.32 bits per heavy atom. The van der Waals surface area contributed by atoms with Gasteiger partial charge >= 0.3 is 5.69 Å². The maximum absolute atomic E-state index is 12.2. The molecule has 4 atom stereocenters. The first-order chi connectivity index (χ1) is 12.0. The van der Waals surface area contributed by atoms with Gasteiger partial charge in [-0.1, -0.05) is 13.8 Å². The summed E-state index contributed by atoms with van der Waals surface area (Å²) in [6.45, 7) is 5.45. The van der Waals surface area contributed by atoms with E-state index >= 15 is 0 Å². The van der Waals surface area contributed by atoms with Crippen molar-refractivity contribution in [3.63, 3.8) is 0 Å². The first-order valence-corrected chi connectivity index (χ1v) is 8.51. The molecule has 1 aromatic rings. The molecule has 9 heteroatoms. The van der Waals surface area contributed by atoms with Gasteiger partial charge < -0.3 is 25.0 Å². The summed E-state index contributed by atoms with van der Waals surface area (Å²) < 4.78 is 6.41. The SMILES string of the molecule is CCCN(/C=N/c1ccn([C@@H]2O[C@H](CO)[C@H](O)C2O)c(=O)n1)CCC. The van der Waals surface area contributed by atoms with Crippen LogP contribution in [-0.4, -0.2) is 74.1 Å². The molecule has 1 aliphatic heterocycles. The molecule has 9 nitrogen and oxygen atoms in total. The highest BCUT2D eigenvalue weighted by molar-refractivity contribution is 5.59. The third kappa shape index (κ3) is 4.63. The predicted octanol–water partition coefficient (Wildman–Crippen LogP) is -0.363. The third-order valence-corrected chi connectivity index (χ3v) is 3.98. The number of nitrogens with zero attached hydrogens (tertiary/aromatic N) is 4. The van der Waals surface area contributed by atoms with Gasteiger partial charge in [-0.25, -0.2) is 9.79 Å². The van der Waals surface area contributed by atoms with E-state index in [9.17, 15) is 15.0 Å². The topological polar surface area (TPSA) is 120 Å². The van der Waals surface area contributed by atoms with Gasteiger partial charge in [0, 0.05) is 19.3 Å². The summed E-state index contributed by atoms with van der Waals surface area (Å²) in [5.74, 6) is 0.255. The number of hydrogen-bond donors (Lipinski definition) is 3. The molecule has 1 saturated heterocycles. The maximum Gasteiger partial charge on any atom is 0.351 e. The minimum absolute atomic E-state index is 0.255. The Balaban J connectivity index is 2.14. The van der Waals surface area contributed by atoms with Crippen LogP contribution in [0.2, 0.25) is 0 Å². The van der Waals surface area contributed by atoms with Crippen LogP contribution in [0.25, 0.3) is 0 Å². The highest BCUT2D eigenvalue weighted by Gasteiger charge is 2.43. The van der Waals surface area contributed by atoms with E-state index in [-0.39, 0.29) is 5.82 Å². The van der Waals surface area contributed by atoms with Crippen LogP contribution in [0.3, 0.4) is 0 Å². The van der Waals surface area contributed by atoms with Crippen LogP contribution in [0.1, 0.15) is 32.9 Å². The predicted molar refractivity (Wildman–Crippen MR) is 91.8 cm³/mol. The van der Waals surface area contributed by atoms with Crippen LogP contribution >= 0.6 is 0 Å². The van der Waals surface area contributed by atoms with Crippen molar-refractivity contribution in [1.29, 1.82) is 0 Å². The van der Waals surface area contributed by atoms with Gasteiger partial charge in [-0.15, -0.1) is 0 Å². The lowest BCUT2D eigenvalue weighted by Crippen LogP contribution is -2.35. The molecular weight excluding hydrogens is 328 g/mol. The fraction of sp³-hybridized carbons (Fsp3) is 0.688. The fourth-order valence-electron chi connectivity index (χ4n) is 2.72. The van der Waals surface area contributed by atoms with E-state index in [4.69, 9.17) is 9.84 Å². The molecule has 0 amide bonds. The van der Waals surface area contributed by atoms with Crippen LogP contribution in [0.15, 0.2) is 22.1 Å². The lowest BCUT2D eigenvalue weighted by atomic mass is 10.1. The zero-order valence-corrected chi connectivity index (χ0v) is 14.5. The number of aliphatic hydroxyl groups excluding tert-OH is 3. The molecule has 3 N–H and O–H groups in total. The van der Waals surface area contributed by atoms with Gasteiger partial charge in [0.2, 0.25) is 0 Å². The molecule has 1 aliphatic rings. The van der Waals surface area contributed by atoms with Gasteiger partial charge in [0.1, 0.15) is 18.3 Å². The Labute approximate surface area is 146 Å². The van der Waals surface area contributed by atoms with E-state index in [1.54, 1.807) is 6.34 Å². The number of aliphatic imine (C=N–C) groups is 1. The lowest BCUT2D eigenvalue weighted by Gasteiger charge is -2.18. The Morgan fingerprint density at radius 2 is 2.00 bits per heavy atom.